The molecular formula is C16H32ClNO. The number of ether oxygens (including phenoxy) is 1. The van der Waals surface area contributed by atoms with Crippen LogP contribution >= 0.6 is 12.4 Å². The minimum absolute atomic E-state index is 0. The zero-order valence-electron chi connectivity index (χ0n) is 12.7. The standard InChI is InChI=1S/C16H31NO.ClH/c1-3-5-6-7-14-8-10-15(11-9-14)12-13-16(17)18-4-2;/h14-15,17H,3-13H2,1-2H3;1H. The van der Waals surface area contributed by atoms with Crippen molar-refractivity contribution in [3.63, 3.8) is 0 Å². The van der Waals surface area contributed by atoms with Crippen LogP contribution in [0.5, 0.6) is 0 Å². The summed E-state index contributed by atoms with van der Waals surface area (Å²) in [6.07, 6.45) is 13.3. The van der Waals surface area contributed by atoms with E-state index in [1.54, 1.807) is 0 Å². The van der Waals surface area contributed by atoms with Crippen molar-refractivity contribution in [2.75, 3.05) is 6.61 Å². The average Bonchev–Trinajstić information content (AvgIpc) is 2.38. The minimum Gasteiger partial charge on any atom is -0.481 e. The number of hydrogen-bond acceptors (Lipinski definition) is 2. The largest absolute Gasteiger partial charge is 0.481 e. The predicted octanol–water partition coefficient (Wildman–Crippen LogP) is 5.59. The molecule has 1 fully saturated rings. The molecule has 0 amide bonds. The van der Waals surface area contributed by atoms with Gasteiger partial charge in [-0.2, -0.15) is 0 Å². The molecule has 0 bridgehead atoms. The maximum atomic E-state index is 7.64. The normalized spacial score (nSPS) is 22.6. The third kappa shape index (κ3) is 8.52. The number of unbranched alkanes of at least 4 members (excludes halogenated alkanes) is 2. The molecule has 19 heavy (non-hydrogen) atoms. The van der Waals surface area contributed by atoms with Gasteiger partial charge in [0.15, 0.2) is 5.90 Å². The second kappa shape index (κ2) is 11.6. The summed E-state index contributed by atoms with van der Waals surface area (Å²) in [6, 6.07) is 0. The van der Waals surface area contributed by atoms with Crippen LogP contribution < -0.4 is 0 Å². The van der Waals surface area contributed by atoms with Crippen LogP contribution in [0.15, 0.2) is 0 Å². The van der Waals surface area contributed by atoms with Gasteiger partial charge in [-0.25, -0.2) is 0 Å². The highest BCUT2D eigenvalue weighted by molar-refractivity contribution is 5.85. The van der Waals surface area contributed by atoms with E-state index >= 15 is 0 Å². The van der Waals surface area contributed by atoms with Crippen LogP contribution in [0, 0.1) is 17.2 Å². The molecule has 1 N–H and O–H groups in total. The molecule has 0 aromatic rings. The molecule has 0 unspecified atom stereocenters. The highest BCUT2D eigenvalue weighted by Crippen LogP contribution is 2.34. The molecular weight excluding hydrogens is 258 g/mol. The molecule has 0 saturated heterocycles. The smallest absolute Gasteiger partial charge is 0.180 e. The van der Waals surface area contributed by atoms with Crippen molar-refractivity contribution >= 4 is 18.3 Å². The first-order valence-corrected chi connectivity index (χ1v) is 7.96. The van der Waals surface area contributed by atoms with E-state index < -0.39 is 0 Å². The third-order valence-electron chi connectivity index (χ3n) is 4.28. The molecule has 0 radical (unpaired) electrons. The summed E-state index contributed by atoms with van der Waals surface area (Å²) in [5, 5.41) is 7.64. The first kappa shape index (κ1) is 18.8. The van der Waals surface area contributed by atoms with Gasteiger partial charge in [-0.3, -0.25) is 5.41 Å². The number of nitrogens with one attached hydrogen (secondary N) is 1. The van der Waals surface area contributed by atoms with Crippen LogP contribution in [0.1, 0.15) is 78.1 Å². The predicted molar refractivity (Wildman–Crippen MR) is 85.4 cm³/mol. The number of hydrogen-bond donors (Lipinski definition) is 1. The monoisotopic (exact) mass is 289 g/mol. The molecule has 0 aromatic heterocycles. The SMILES string of the molecule is CCCCCC1CCC(CCC(=N)OCC)CC1.Cl. The van der Waals surface area contributed by atoms with Crippen molar-refractivity contribution in [3.8, 4) is 0 Å². The van der Waals surface area contributed by atoms with Gasteiger partial charge in [0.1, 0.15) is 0 Å². The van der Waals surface area contributed by atoms with E-state index in [9.17, 15) is 0 Å². The highest BCUT2D eigenvalue weighted by Gasteiger charge is 2.20. The fourth-order valence-corrected chi connectivity index (χ4v) is 3.07. The summed E-state index contributed by atoms with van der Waals surface area (Å²) in [7, 11) is 0. The molecule has 0 aliphatic heterocycles. The van der Waals surface area contributed by atoms with Crippen molar-refractivity contribution in [1.29, 1.82) is 5.41 Å². The van der Waals surface area contributed by atoms with Crippen molar-refractivity contribution in [3.05, 3.63) is 0 Å². The molecule has 1 aliphatic carbocycles. The zero-order valence-corrected chi connectivity index (χ0v) is 13.6. The molecule has 0 heterocycles. The van der Waals surface area contributed by atoms with Gasteiger partial charge in [0.2, 0.25) is 0 Å². The van der Waals surface area contributed by atoms with Crippen LogP contribution in [-0.4, -0.2) is 12.5 Å². The fraction of sp³-hybridized carbons (Fsp3) is 0.938. The molecule has 1 aliphatic rings. The van der Waals surface area contributed by atoms with Crippen LogP contribution in [-0.2, 0) is 4.74 Å². The lowest BCUT2D eigenvalue weighted by molar-refractivity contribution is 0.244. The van der Waals surface area contributed by atoms with Gasteiger partial charge in [-0.15, -0.1) is 12.4 Å². The molecule has 0 atom stereocenters. The first-order valence-electron chi connectivity index (χ1n) is 7.96. The third-order valence-corrected chi connectivity index (χ3v) is 4.28. The van der Waals surface area contributed by atoms with Gasteiger partial charge >= 0.3 is 0 Å². The van der Waals surface area contributed by atoms with Crippen LogP contribution in [0.25, 0.3) is 0 Å². The van der Waals surface area contributed by atoms with E-state index in [-0.39, 0.29) is 12.4 Å². The Hall–Kier alpha value is -0.240. The Balaban J connectivity index is 0.00000324. The molecule has 1 saturated carbocycles. The molecule has 3 heteroatoms. The lowest BCUT2D eigenvalue weighted by Crippen LogP contribution is -2.16. The molecule has 0 aromatic carbocycles. The summed E-state index contributed by atoms with van der Waals surface area (Å²) in [4.78, 5) is 0. The van der Waals surface area contributed by atoms with Crippen molar-refractivity contribution in [2.45, 2.75) is 78.1 Å². The number of halogens is 1. The summed E-state index contributed by atoms with van der Waals surface area (Å²) in [5.41, 5.74) is 0. The summed E-state index contributed by atoms with van der Waals surface area (Å²) < 4.78 is 5.20. The van der Waals surface area contributed by atoms with Crippen LogP contribution in [0.3, 0.4) is 0 Å². The van der Waals surface area contributed by atoms with E-state index in [1.165, 1.54) is 57.8 Å². The van der Waals surface area contributed by atoms with Crippen molar-refractivity contribution in [2.24, 2.45) is 11.8 Å². The zero-order chi connectivity index (χ0) is 13.2. The molecule has 1 rings (SSSR count). The topological polar surface area (TPSA) is 33.1 Å². The Morgan fingerprint density at radius 3 is 2.11 bits per heavy atom. The summed E-state index contributed by atoms with van der Waals surface area (Å²) >= 11 is 0. The Morgan fingerprint density at radius 2 is 1.58 bits per heavy atom. The highest BCUT2D eigenvalue weighted by atomic mass is 35.5. The van der Waals surface area contributed by atoms with Crippen LogP contribution in [0.4, 0.5) is 0 Å². The van der Waals surface area contributed by atoms with Gasteiger partial charge in [0.05, 0.1) is 6.61 Å². The summed E-state index contributed by atoms with van der Waals surface area (Å²) in [5.74, 6) is 2.34. The van der Waals surface area contributed by atoms with E-state index in [1.807, 2.05) is 6.92 Å². The van der Waals surface area contributed by atoms with Gasteiger partial charge in [-0.05, 0) is 25.2 Å². The van der Waals surface area contributed by atoms with Gasteiger partial charge in [0, 0.05) is 6.42 Å². The Bertz CT molecular complexity index is 225. The van der Waals surface area contributed by atoms with E-state index in [4.69, 9.17) is 10.1 Å². The molecule has 114 valence electrons. The molecule has 2 nitrogen and oxygen atoms in total. The Labute approximate surface area is 125 Å². The quantitative estimate of drug-likeness (QED) is 0.353. The lowest BCUT2D eigenvalue weighted by Gasteiger charge is -2.28. The Kier molecular flexibility index (Phi) is 11.4. The van der Waals surface area contributed by atoms with Gasteiger partial charge in [-0.1, -0.05) is 58.3 Å². The lowest BCUT2D eigenvalue weighted by atomic mass is 9.78. The molecule has 0 spiro atoms. The number of rotatable bonds is 8. The first-order chi connectivity index (χ1) is 8.76. The van der Waals surface area contributed by atoms with E-state index in [0.717, 1.165) is 18.3 Å². The minimum atomic E-state index is 0. The second-order valence-electron chi connectivity index (χ2n) is 5.78. The second-order valence-corrected chi connectivity index (χ2v) is 5.78. The van der Waals surface area contributed by atoms with Gasteiger partial charge in [0.25, 0.3) is 0 Å². The maximum Gasteiger partial charge on any atom is 0.180 e. The van der Waals surface area contributed by atoms with Crippen molar-refractivity contribution < 1.29 is 4.74 Å². The maximum absolute atomic E-state index is 7.64. The van der Waals surface area contributed by atoms with E-state index in [2.05, 4.69) is 6.92 Å². The van der Waals surface area contributed by atoms with Gasteiger partial charge < -0.3 is 4.74 Å². The average molecular weight is 290 g/mol. The Morgan fingerprint density at radius 1 is 1.00 bits per heavy atom. The summed E-state index contributed by atoms with van der Waals surface area (Å²) in [6.45, 7) is 4.88. The van der Waals surface area contributed by atoms with Crippen LogP contribution in [0.2, 0.25) is 0 Å². The van der Waals surface area contributed by atoms with Crippen molar-refractivity contribution in [1.82, 2.24) is 0 Å². The van der Waals surface area contributed by atoms with E-state index in [0.29, 0.717) is 12.5 Å². The fourth-order valence-electron chi connectivity index (χ4n) is 3.07.